The Morgan fingerprint density at radius 2 is 2.00 bits per heavy atom. The van der Waals surface area contributed by atoms with Crippen LogP contribution in [0.3, 0.4) is 0 Å². The molecule has 0 radical (unpaired) electrons. The minimum atomic E-state index is -1.12. The van der Waals surface area contributed by atoms with Crippen LogP contribution in [0.5, 0.6) is 0 Å². The van der Waals surface area contributed by atoms with E-state index in [0.717, 1.165) is 36.6 Å². The second-order valence-electron chi connectivity index (χ2n) is 6.35. The summed E-state index contributed by atoms with van der Waals surface area (Å²) in [4.78, 5) is 40.9. The van der Waals surface area contributed by atoms with E-state index in [1.807, 2.05) is 6.07 Å². The molecule has 0 saturated carbocycles. The molecule has 8 heteroatoms. The third-order valence-corrected chi connectivity index (χ3v) is 4.52. The Hall–Kier alpha value is -2.64. The minimum Gasteiger partial charge on any atom is -0.465 e. The summed E-state index contributed by atoms with van der Waals surface area (Å²) in [6.07, 6.45) is 3.05. The molecular formula is C17H24N4O4. The number of nitrogens with two attached hydrogens (primary N) is 1. The number of pyridine rings is 1. The monoisotopic (exact) mass is 348 g/mol. The lowest BCUT2D eigenvalue weighted by Crippen LogP contribution is -2.40. The first-order valence-corrected chi connectivity index (χ1v) is 8.35. The first-order valence-electron chi connectivity index (χ1n) is 8.35. The highest BCUT2D eigenvalue weighted by atomic mass is 16.4. The fourth-order valence-corrected chi connectivity index (χ4v) is 3.00. The van der Waals surface area contributed by atoms with Crippen LogP contribution in [0, 0.1) is 5.92 Å². The first-order chi connectivity index (χ1) is 11.9. The van der Waals surface area contributed by atoms with E-state index in [1.165, 1.54) is 6.92 Å². The predicted molar refractivity (Wildman–Crippen MR) is 92.6 cm³/mol. The number of carboxylic acid groups (broad SMARTS) is 1. The molecule has 2 amide bonds. The van der Waals surface area contributed by atoms with Crippen LogP contribution in [0.25, 0.3) is 0 Å². The van der Waals surface area contributed by atoms with Gasteiger partial charge in [0.25, 0.3) is 0 Å². The molecule has 3 N–H and O–H groups in total. The van der Waals surface area contributed by atoms with Gasteiger partial charge in [-0.3, -0.25) is 14.5 Å². The van der Waals surface area contributed by atoms with E-state index in [0.29, 0.717) is 24.4 Å². The highest BCUT2D eigenvalue weighted by Gasteiger charge is 2.22. The van der Waals surface area contributed by atoms with E-state index in [1.54, 1.807) is 12.3 Å². The van der Waals surface area contributed by atoms with Crippen LogP contribution in [0.15, 0.2) is 18.3 Å². The van der Waals surface area contributed by atoms with E-state index in [2.05, 4.69) is 9.88 Å². The van der Waals surface area contributed by atoms with Crippen molar-refractivity contribution in [2.24, 2.45) is 11.7 Å². The normalized spacial score (nSPS) is 15.0. The highest BCUT2D eigenvalue weighted by molar-refractivity contribution is 5.93. The maximum atomic E-state index is 11.3. The van der Waals surface area contributed by atoms with Gasteiger partial charge in [-0.25, -0.2) is 9.78 Å². The molecule has 1 fully saturated rings. The fraction of sp³-hybridized carbons (Fsp3) is 0.529. The molecule has 0 spiro atoms. The van der Waals surface area contributed by atoms with Crippen molar-refractivity contribution in [3.8, 4) is 0 Å². The van der Waals surface area contributed by atoms with E-state index in [9.17, 15) is 14.4 Å². The number of hydrogen-bond donors (Lipinski definition) is 2. The smallest absolute Gasteiger partial charge is 0.407 e. The average Bonchev–Trinajstić information content (AvgIpc) is 2.58. The van der Waals surface area contributed by atoms with Gasteiger partial charge in [-0.2, -0.15) is 0 Å². The van der Waals surface area contributed by atoms with Crippen LogP contribution < -0.4 is 10.6 Å². The van der Waals surface area contributed by atoms with Gasteiger partial charge in [0.2, 0.25) is 5.91 Å². The number of nitrogens with zero attached hydrogens (tertiary/aromatic N) is 3. The summed E-state index contributed by atoms with van der Waals surface area (Å²) < 4.78 is 0. The van der Waals surface area contributed by atoms with Crippen molar-refractivity contribution in [1.82, 2.24) is 9.88 Å². The lowest BCUT2D eigenvalue weighted by molar-refractivity contribution is -0.118. The van der Waals surface area contributed by atoms with E-state index < -0.39 is 12.0 Å². The van der Waals surface area contributed by atoms with E-state index >= 15 is 0 Å². The molecule has 1 aromatic rings. The molecule has 0 bridgehead atoms. The summed E-state index contributed by atoms with van der Waals surface area (Å²) in [5.41, 5.74) is 5.67. The zero-order valence-electron chi connectivity index (χ0n) is 14.4. The molecule has 25 heavy (non-hydrogen) atoms. The number of Topliss-reactive ketones (excluding diaryl/α,β-unsaturated/α-hetero) is 1. The topological polar surface area (TPSA) is 117 Å². The molecule has 2 heterocycles. The molecule has 8 nitrogen and oxygen atoms in total. The molecule has 1 aliphatic heterocycles. The van der Waals surface area contributed by atoms with Gasteiger partial charge in [0.1, 0.15) is 12.4 Å². The lowest BCUT2D eigenvalue weighted by Gasteiger charge is -2.33. The second-order valence-corrected chi connectivity index (χ2v) is 6.35. The fourth-order valence-electron chi connectivity index (χ4n) is 3.00. The van der Waals surface area contributed by atoms with Gasteiger partial charge in [-0.05, 0) is 44.2 Å². The number of carbonyl (C=O) groups is 3. The number of amides is 2. The Kier molecular flexibility index (Phi) is 6.32. The molecule has 0 aromatic carbocycles. The molecule has 2 rings (SSSR count). The molecular weight excluding hydrogens is 324 g/mol. The van der Waals surface area contributed by atoms with Gasteiger partial charge < -0.3 is 15.7 Å². The number of primary amides is 1. The van der Waals surface area contributed by atoms with Crippen molar-refractivity contribution in [1.29, 1.82) is 0 Å². The maximum absolute atomic E-state index is 11.3. The van der Waals surface area contributed by atoms with Crippen molar-refractivity contribution in [2.75, 3.05) is 31.1 Å². The van der Waals surface area contributed by atoms with Crippen LogP contribution in [0.2, 0.25) is 0 Å². The maximum Gasteiger partial charge on any atom is 0.407 e. The quantitative estimate of drug-likeness (QED) is 0.719. The molecule has 1 saturated heterocycles. The third kappa shape index (κ3) is 5.44. The number of anilines is 1. The van der Waals surface area contributed by atoms with Gasteiger partial charge in [-0.1, -0.05) is 0 Å². The van der Waals surface area contributed by atoms with Gasteiger partial charge in [0.05, 0.1) is 0 Å². The second kappa shape index (κ2) is 8.46. The molecule has 0 atom stereocenters. The summed E-state index contributed by atoms with van der Waals surface area (Å²) in [6.45, 7) is 3.23. The van der Waals surface area contributed by atoms with E-state index in [-0.39, 0.29) is 12.3 Å². The first kappa shape index (κ1) is 18.7. The number of rotatable bonds is 7. The highest BCUT2D eigenvalue weighted by Crippen LogP contribution is 2.24. The SMILES string of the molecule is CC(=O)c1ccc(N2CCC(CCN(CC(N)=O)C(=O)O)CC2)nc1. The van der Waals surface area contributed by atoms with Crippen molar-refractivity contribution in [3.63, 3.8) is 0 Å². The Balaban J connectivity index is 1.81. The van der Waals surface area contributed by atoms with Crippen LogP contribution >= 0.6 is 0 Å². The van der Waals surface area contributed by atoms with Gasteiger partial charge in [-0.15, -0.1) is 0 Å². The Morgan fingerprint density at radius 3 is 2.48 bits per heavy atom. The minimum absolute atomic E-state index is 0.00305. The summed E-state index contributed by atoms with van der Waals surface area (Å²) >= 11 is 0. The Bertz CT molecular complexity index is 624. The van der Waals surface area contributed by atoms with Crippen molar-refractivity contribution in [3.05, 3.63) is 23.9 Å². The van der Waals surface area contributed by atoms with Crippen LogP contribution in [0.4, 0.5) is 10.6 Å². The largest absolute Gasteiger partial charge is 0.465 e. The molecule has 1 aliphatic rings. The van der Waals surface area contributed by atoms with Crippen molar-refractivity contribution >= 4 is 23.6 Å². The molecule has 0 aliphatic carbocycles. The summed E-state index contributed by atoms with van der Waals surface area (Å²) in [5.74, 6) is 0.612. The summed E-state index contributed by atoms with van der Waals surface area (Å²) in [7, 11) is 0. The number of hydrogen-bond acceptors (Lipinski definition) is 5. The molecule has 0 unspecified atom stereocenters. The zero-order chi connectivity index (χ0) is 18.4. The third-order valence-electron chi connectivity index (χ3n) is 4.52. The number of carbonyl (C=O) groups excluding carboxylic acids is 2. The molecule has 1 aromatic heterocycles. The molecule has 136 valence electrons. The van der Waals surface area contributed by atoms with Gasteiger partial charge in [0.15, 0.2) is 5.78 Å². The van der Waals surface area contributed by atoms with Crippen molar-refractivity contribution in [2.45, 2.75) is 26.2 Å². The van der Waals surface area contributed by atoms with Crippen molar-refractivity contribution < 1.29 is 19.5 Å². The zero-order valence-corrected chi connectivity index (χ0v) is 14.4. The Morgan fingerprint density at radius 1 is 1.32 bits per heavy atom. The summed E-state index contributed by atoms with van der Waals surface area (Å²) in [6, 6.07) is 3.64. The Labute approximate surface area is 146 Å². The van der Waals surface area contributed by atoms with Crippen LogP contribution in [-0.2, 0) is 4.79 Å². The number of ketones is 1. The van der Waals surface area contributed by atoms with Crippen LogP contribution in [0.1, 0.15) is 36.5 Å². The number of aromatic nitrogens is 1. The van der Waals surface area contributed by atoms with Gasteiger partial charge >= 0.3 is 6.09 Å². The predicted octanol–water partition coefficient (Wildman–Crippen LogP) is 1.36. The standard InChI is InChI=1S/C17H24N4O4/c1-12(22)14-2-3-16(19-10-14)20-7-4-13(5-8-20)6-9-21(17(24)25)11-15(18)23/h2-3,10,13H,4-9,11H2,1H3,(H2,18,23)(H,24,25). The summed E-state index contributed by atoms with van der Waals surface area (Å²) in [5, 5.41) is 9.08. The van der Waals surface area contributed by atoms with Gasteiger partial charge in [0, 0.05) is 31.4 Å². The average molecular weight is 348 g/mol. The van der Waals surface area contributed by atoms with E-state index in [4.69, 9.17) is 10.8 Å². The lowest BCUT2D eigenvalue weighted by atomic mass is 9.93. The number of piperidine rings is 1. The van der Waals surface area contributed by atoms with Crippen LogP contribution in [-0.4, -0.2) is 59.0 Å².